The number of benzene rings is 1. The van der Waals surface area contributed by atoms with Crippen molar-refractivity contribution in [2.75, 3.05) is 18.0 Å². The van der Waals surface area contributed by atoms with Crippen molar-refractivity contribution < 1.29 is 23.2 Å². The van der Waals surface area contributed by atoms with Gasteiger partial charge in [-0.05, 0) is 26.0 Å². The summed E-state index contributed by atoms with van der Waals surface area (Å²) in [7, 11) is 1.77. The Bertz CT molecular complexity index is 1100. The molecule has 1 aliphatic rings. The molecule has 9 nitrogen and oxygen atoms in total. The largest absolute Gasteiger partial charge is 0.372 e. The molecule has 4 rings (SSSR count). The molecule has 2 aromatic heterocycles. The summed E-state index contributed by atoms with van der Waals surface area (Å²) in [5.74, 6) is -1.26. The van der Waals surface area contributed by atoms with Crippen molar-refractivity contribution in [2.24, 2.45) is 7.05 Å². The quantitative estimate of drug-likeness (QED) is 0.636. The first-order valence-corrected chi connectivity index (χ1v) is 9.61. The van der Waals surface area contributed by atoms with Crippen LogP contribution >= 0.6 is 0 Å². The molecule has 2 atom stereocenters. The summed E-state index contributed by atoms with van der Waals surface area (Å²) in [5.41, 5.74) is 0.680. The summed E-state index contributed by atoms with van der Waals surface area (Å²) < 4.78 is 27.8. The summed E-state index contributed by atoms with van der Waals surface area (Å²) in [6.45, 7) is 4.81. The number of carbonyl (C=O) groups excluding carboxylic acids is 2. The highest BCUT2D eigenvalue weighted by molar-refractivity contribution is 6.06. The normalized spacial score (nSPS) is 19.3. The molecule has 1 aliphatic heterocycles. The van der Waals surface area contributed by atoms with Gasteiger partial charge in [0.05, 0.1) is 35.5 Å². The fraction of sp³-hybridized carbons (Fsp3) is 0.400. The number of halogens is 1. The minimum atomic E-state index is -0.716. The molecule has 3 aromatic rings. The number of ether oxygens (including phenoxy) is 1. The smallest absolute Gasteiger partial charge is 0.274 e. The van der Waals surface area contributed by atoms with Crippen molar-refractivity contribution in [2.45, 2.75) is 32.6 Å². The fourth-order valence-electron chi connectivity index (χ4n) is 3.79. The zero-order valence-corrected chi connectivity index (χ0v) is 16.9. The molecule has 0 unspecified atom stereocenters. The summed E-state index contributed by atoms with van der Waals surface area (Å²) in [4.78, 5) is 26.1. The van der Waals surface area contributed by atoms with Crippen molar-refractivity contribution in [3.05, 3.63) is 41.1 Å². The SMILES string of the molecule is C[C@@H]1CN(c2c(C=O)cc3c(C(=O)NCc4ccn(C)n4)noc3c2F)C[C@H](C)O1. The molecule has 3 heterocycles. The average Bonchev–Trinajstić information content (AvgIpc) is 3.31. The van der Waals surface area contributed by atoms with E-state index in [-0.39, 0.29) is 46.7 Å². The van der Waals surface area contributed by atoms with Gasteiger partial charge in [0.25, 0.3) is 5.91 Å². The number of hydrogen-bond acceptors (Lipinski definition) is 7. The van der Waals surface area contributed by atoms with Crippen LogP contribution in [0.1, 0.15) is 40.4 Å². The highest BCUT2D eigenvalue weighted by atomic mass is 19.1. The van der Waals surface area contributed by atoms with E-state index < -0.39 is 11.7 Å². The Hall–Kier alpha value is -3.27. The number of nitrogens with zero attached hydrogens (tertiary/aromatic N) is 4. The Morgan fingerprint density at radius 3 is 2.73 bits per heavy atom. The van der Waals surface area contributed by atoms with Gasteiger partial charge in [0, 0.05) is 31.9 Å². The van der Waals surface area contributed by atoms with Crippen LogP contribution in [-0.4, -0.2) is 52.4 Å². The molecular formula is C20H22FN5O4. The predicted octanol–water partition coefficient (Wildman–Crippen LogP) is 2.06. The standard InChI is InChI=1S/C20H22FN5O4/c1-11-8-26(9-12(2)29-11)18-13(10-27)6-15-17(24-30-19(15)16(18)21)20(28)22-7-14-4-5-25(3)23-14/h4-6,10-12H,7-9H2,1-3H3,(H,22,28)/t11-,12+. The van der Waals surface area contributed by atoms with Gasteiger partial charge < -0.3 is 19.5 Å². The van der Waals surface area contributed by atoms with Crippen molar-refractivity contribution in [1.29, 1.82) is 0 Å². The van der Waals surface area contributed by atoms with E-state index in [1.54, 1.807) is 28.9 Å². The van der Waals surface area contributed by atoms with Gasteiger partial charge in [-0.3, -0.25) is 14.3 Å². The molecule has 30 heavy (non-hydrogen) atoms. The molecule has 1 aromatic carbocycles. The maximum absolute atomic E-state index is 15.4. The minimum Gasteiger partial charge on any atom is -0.372 e. The third-order valence-electron chi connectivity index (χ3n) is 4.99. The summed E-state index contributed by atoms with van der Waals surface area (Å²) in [6.07, 6.45) is 2.09. The lowest BCUT2D eigenvalue weighted by Crippen LogP contribution is -2.46. The Morgan fingerprint density at radius 1 is 1.37 bits per heavy atom. The minimum absolute atomic E-state index is 0.0850. The van der Waals surface area contributed by atoms with E-state index in [0.717, 1.165) is 0 Å². The van der Waals surface area contributed by atoms with Crippen molar-refractivity contribution >= 4 is 28.8 Å². The number of aldehydes is 1. The van der Waals surface area contributed by atoms with Crippen LogP contribution in [0.15, 0.2) is 22.9 Å². The van der Waals surface area contributed by atoms with Crippen molar-refractivity contribution in [1.82, 2.24) is 20.3 Å². The lowest BCUT2D eigenvalue weighted by molar-refractivity contribution is -0.00543. The van der Waals surface area contributed by atoms with Gasteiger partial charge in [-0.25, -0.2) is 4.39 Å². The predicted molar refractivity (Wildman–Crippen MR) is 106 cm³/mol. The molecule has 158 valence electrons. The third-order valence-corrected chi connectivity index (χ3v) is 4.99. The van der Waals surface area contributed by atoms with Crippen LogP contribution in [0, 0.1) is 5.82 Å². The number of carbonyl (C=O) groups is 2. The summed E-state index contributed by atoms with van der Waals surface area (Å²) in [6, 6.07) is 3.21. The number of amides is 1. The zero-order chi connectivity index (χ0) is 21.4. The van der Waals surface area contributed by atoms with Crippen LogP contribution in [0.4, 0.5) is 10.1 Å². The van der Waals surface area contributed by atoms with E-state index >= 15 is 4.39 Å². The Kier molecular flexibility index (Phi) is 5.25. The lowest BCUT2D eigenvalue weighted by Gasteiger charge is -2.37. The molecule has 1 fully saturated rings. The number of aromatic nitrogens is 3. The van der Waals surface area contributed by atoms with E-state index in [4.69, 9.17) is 9.26 Å². The first-order valence-electron chi connectivity index (χ1n) is 9.61. The number of nitrogens with one attached hydrogen (secondary N) is 1. The molecule has 0 aliphatic carbocycles. The Balaban J connectivity index is 1.67. The number of fused-ring (bicyclic) bond motifs is 1. The van der Waals surface area contributed by atoms with Gasteiger partial charge in [-0.15, -0.1) is 0 Å². The van der Waals surface area contributed by atoms with Crippen LogP contribution < -0.4 is 10.2 Å². The van der Waals surface area contributed by atoms with Gasteiger partial charge >= 0.3 is 0 Å². The van der Waals surface area contributed by atoms with E-state index in [9.17, 15) is 9.59 Å². The lowest BCUT2D eigenvalue weighted by atomic mass is 10.1. The molecule has 1 N–H and O–H groups in total. The van der Waals surface area contributed by atoms with Gasteiger partial charge in [0.1, 0.15) is 0 Å². The summed E-state index contributed by atoms with van der Waals surface area (Å²) >= 11 is 0. The second kappa shape index (κ2) is 7.86. The molecule has 0 radical (unpaired) electrons. The van der Waals surface area contributed by atoms with Crippen molar-refractivity contribution in [3.8, 4) is 0 Å². The van der Waals surface area contributed by atoms with E-state index in [0.29, 0.717) is 25.1 Å². The number of morpholine rings is 1. The van der Waals surface area contributed by atoms with Crippen LogP contribution in [0.2, 0.25) is 0 Å². The maximum atomic E-state index is 15.4. The molecule has 0 saturated carbocycles. The van der Waals surface area contributed by atoms with Crippen LogP contribution in [-0.2, 0) is 18.3 Å². The number of hydrogen-bond donors (Lipinski definition) is 1. The van der Waals surface area contributed by atoms with Crippen LogP contribution in [0.25, 0.3) is 11.0 Å². The summed E-state index contributed by atoms with van der Waals surface area (Å²) in [5, 5.41) is 10.8. The van der Waals surface area contributed by atoms with Gasteiger partial charge in [0.15, 0.2) is 17.8 Å². The van der Waals surface area contributed by atoms with E-state index in [1.807, 2.05) is 13.8 Å². The topological polar surface area (TPSA) is 102 Å². The van der Waals surface area contributed by atoms with E-state index in [2.05, 4.69) is 15.6 Å². The zero-order valence-electron chi connectivity index (χ0n) is 16.9. The number of anilines is 1. The highest BCUT2D eigenvalue weighted by Crippen LogP contribution is 2.34. The molecule has 10 heteroatoms. The monoisotopic (exact) mass is 415 g/mol. The van der Waals surface area contributed by atoms with Crippen molar-refractivity contribution in [3.63, 3.8) is 0 Å². The van der Waals surface area contributed by atoms with Gasteiger partial charge in [0.2, 0.25) is 5.58 Å². The molecular weight excluding hydrogens is 393 g/mol. The number of aryl methyl sites for hydroxylation is 1. The fourth-order valence-corrected chi connectivity index (χ4v) is 3.79. The highest BCUT2D eigenvalue weighted by Gasteiger charge is 2.30. The first-order chi connectivity index (χ1) is 14.4. The van der Waals surface area contributed by atoms with Crippen LogP contribution in [0.3, 0.4) is 0 Å². The number of rotatable bonds is 5. The average molecular weight is 415 g/mol. The molecule has 1 amide bonds. The first kappa shape index (κ1) is 20.0. The van der Waals surface area contributed by atoms with E-state index in [1.165, 1.54) is 6.07 Å². The Labute approximate surface area is 171 Å². The molecule has 0 bridgehead atoms. The van der Waals surface area contributed by atoms with Gasteiger partial charge in [-0.1, -0.05) is 5.16 Å². The van der Waals surface area contributed by atoms with Crippen LogP contribution in [0.5, 0.6) is 0 Å². The second-order valence-electron chi connectivity index (χ2n) is 7.48. The maximum Gasteiger partial charge on any atom is 0.274 e. The van der Waals surface area contributed by atoms with Gasteiger partial charge in [-0.2, -0.15) is 5.10 Å². The Morgan fingerprint density at radius 2 is 2.10 bits per heavy atom. The third kappa shape index (κ3) is 3.65. The molecule has 1 saturated heterocycles. The second-order valence-corrected chi connectivity index (χ2v) is 7.48. The molecule has 0 spiro atoms.